The third kappa shape index (κ3) is 4.88. The number of hydrogen-bond acceptors (Lipinski definition) is 5. The number of nitrogens with zero attached hydrogens (tertiary/aromatic N) is 3. The van der Waals surface area contributed by atoms with E-state index in [2.05, 4.69) is 0 Å². The number of fused-ring (bicyclic) bond motifs is 1. The summed E-state index contributed by atoms with van der Waals surface area (Å²) in [6.45, 7) is 2.72. The number of benzene rings is 1. The zero-order chi connectivity index (χ0) is 19.6. The van der Waals surface area contributed by atoms with Gasteiger partial charge < -0.3 is 14.5 Å². The van der Waals surface area contributed by atoms with Gasteiger partial charge in [-0.05, 0) is 18.2 Å². The molecule has 0 aromatic heterocycles. The van der Waals surface area contributed by atoms with Crippen LogP contribution in [0.1, 0.15) is 12.5 Å². The molecule has 2 atom stereocenters. The lowest BCUT2D eigenvalue weighted by Crippen LogP contribution is -2.43. The maximum atomic E-state index is 12.5. The van der Waals surface area contributed by atoms with E-state index < -0.39 is 10.0 Å². The van der Waals surface area contributed by atoms with E-state index >= 15 is 0 Å². The van der Waals surface area contributed by atoms with Crippen LogP contribution in [0.5, 0.6) is 5.75 Å². The first-order chi connectivity index (χ1) is 12.0. The molecule has 1 aromatic carbocycles. The summed E-state index contributed by atoms with van der Waals surface area (Å²) in [5.41, 5.74) is 1.80. The molecule has 26 heavy (non-hydrogen) atoms. The van der Waals surface area contributed by atoms with Crippen LogP contribution in [0, 0.1) is 5.92 Å². The zero-order valence-corrected chi connectivity index (χ0v) is 17.2. The van der Waals surface area contributed by atoms with Crippen LogP contribution in [0.4, 0.5) is 5.69 Å². The summed E-state index contributed by atoms with van der Waals surface area (Å²) < 4.78 is 31.1. The molecule has 1 aliphatic heterocycles. The van der Waals surface area contributed by atoms with Crippen molar-refractivity contribution in [2.24, 2.45) is 5.92 Å². The summed E-state index contributed by atoms with van der Waals surface area (Å²) in [4.78, 5) is 16.2. The first-order valence-corrected chi connectivity index (χ1v) is 10.5. The van der Waals surface area contributed by atoms with E-state index in [0.717, 1.165) is 11.3 Å². The molecule has 8 heteroatoms. The van der Waals surface area contributed by atoms with Crippen molar-refractivity contribution in [3.63, 3.8) is 0 Å². The number of sulfonamides is 1. The molecular weight excluding hydrogens is 354 g/mol. The minimum atomic E-state index is -3.31. The van der Waals surface area contributed by atoms with Gasteiger partial charge in [0.05, 0.1) is 19.2 Å². The molecule has 7 nitrogen and oxygen atoms in total. The minimum Gasteiger partial charge on any atom is -0.488 e. The van der Waals surface area contributed by atoms with Crippen molar-refractivity contribution in [2.75, 3.05) is 52.4 Å². The topological polar surface area (TPSA) is 70.2 Å². The monoisotopic (exact) mass is 383 g/mol. The number of ether oxygens (including phenoxy) is 1. The highest BCUT2D eigenvalue weighted by Crippen LogP contribution is 2.29. The van der Waals surface area contributed by atoms with E-state index in [9.17, 15) is 13.2 Å². The van der Waals surface area contributed by atoms with Crippen LogP contribution in [0.3, 0.4) is 0 Å². The minimum absolute atomic E-state index is 0.0207. The molecule has 0 saturated carbocycles. The zero-order valence-electron chi connectivity index (χ0n) is 16.4. The Labute approximate surface area is 156 Å². The van der Waals surface area contributed by atoms with E-state index in [-0.39, 0.29) is 30.9 Å². The molecule has 146 valence electrons. The van der Waals surface area contributed by atoms with Gasteiger partial charge in [-0.3, -0.25) is 4.79 Å². The van der Waals surface area contributed by atoms with E-state index in [1.807, 2.05) is 44.1 Å². The quantitative estimate of drug-likeness (QED) is 0.777. The van der Waals surface area contributed by atoms with Crippen molar-refractivity contribution in [1.82, 2.24) is 9.21 Å². The first-order valence-electron chi connectivity index (χ1n) is 8.61. The fourth-order valence-electron chi connectivity index (χ4n) is 2.93. The molecule has 0 spiro atoms. The molecule has 0 aliphatic carbocycles. The van der Waals surface area contributed by atoms with Gasteiger partial charge in [-0.1, -0.05) is 6.92 Å². The Balaban J connectivity index is 2.41. The third-order valence-electron chi connectivity index (χ3n) is 4.81. The first kappa shape index (κ1) is 20.5. The van der Waals surface area contributed by atoms with Gasteiger partial charge in [-0.15, -0.1) is 0 Å². The summed E-state index contributed by atoms with van der Waals surface area (Å²) in [6, 6.07) is 5.75. The Kier molecular flexibility index (Phi) is 6.18. The largest absolute Gasteiger partial charge is 0.488 e. The molecule has 0 N–H and O–H groups in total. The lowest BCUT2D eigenvalue weighted by atomic mass is 10.0. The molecule has 0 saturated heterocycles. The van der Waals surface area contributed by atoms with Crippen LogP contribution >= 0.6 is 0 Å². The van der Waals surface area contributed by atoms with Crippen molar-refractivity contribution in [2.45, 2.75) is 19.4 Å². The summed E-state index contributed by atoms with van der Waals surface area (Å²) in [5.74, 6) is 0.639. The predicted octanol–water partition coefficient (Wildman–Crippen LogP) is 1.04. The number of carbonyl (C=O) groups is 1. The lowest BCUT2D eigenvalue weighted by molar-refractivity contribution is -0.129. The average molecular weight is 384 g/mol. The molecule has 1 aliphatic rings. The normalized spacial score (nSPS) is 21.5. The Morgan fingerprint density at radius 2 is 1.92 bits per heavy atom. The van der Waals surface area contributed by atoms with Crippen molar-refractivity contribution in [3.8, 4) is 5.75 Å². The van der Waals surface area contributed by atoms with Crippen LogP contribution in [-0.4, -0.2) is 77.2 Å². The van der Waals surface area contributed by atoms with E-state index in [1.165, 1.54) is 10.6 Å². The summed E-state index contributed by atoms with van der Waals surface area (Å²) in [5, 5.41) is 0. The SMILES string of the molecule is C[C@@H]1CN(C)C(=O)Cc2cc(N(C)C)ccc2O[C@@H]1CN(C)S(C)(=O)=O. The van der Waals surface area contributed by atoms with Crippen molar-refractivity contribution < 1.29 is 17.9 Å². The Morgan fingerprint density at radius 3 is 2.50 bits per heavy atom. The van der Waals surface area contributed by atoms with Gasteiger partial charge in [0.15, 0.2) is 0 Å². The number of rotatable bonds is 4. The molecule has 1 aromatic rings. The second-order valence-corrected chi connectivity index (χ2v) is 9.40. The number of amides is 1. The number of anilines is 1. The molecule has 0 unspecified atom stereocenters. The van der Waals surface area contributed by atoms with E-state index in [0.29, 0.717) is 12.3 Å². The molecular formula is C18H29N3O4S. The Morgan fingerprint density at radius 1 is 1.27 bits per heavy atom. The van der Waals surface area contributed by atoms with Gasteiger partial charge in [0.2, 0.25) is 15.9 Å². The summed E-state index contributed by atoms with van der Waals surface area (Å²) in [6.07, 6.45) is 1.08. The van der Waals surface area contributed by atoms with Crippen LogP contribution in [0.15, 0.2) is 18.2 Å². The highest BCUT2D eigenvalue weighted by atomic mass is 32.2. The fraction of sp³-hybridized carbons (Fsp3) is 0.611. The Hall–Kier alpha value is -1.80. The van der Waals surface area contributed by atoms with Crippen LogP contribution in [-0.2, 0) is 21.2 Å². The molecule has 2 rings (SSSR count). The van der Waals surface area contributed by atoms with Gasteiger partial charge in [0.1, 0.15) is 11.9 Å². The molecule has 1 amide bonds. The number of carbonyl (C=O) groups excluding carboxylic acids is 1. The summed E-state index contributed by atoms with van der Waals surface area (Å²) in [7, 11) is 3.89. The second kappa shape index (κ2) is 7.84. The summed E-state index contributed by atoms with van der Waals surface area (Å²) >= 11 is 0. The van der Waals surface area contributed by atoms with Gasteiger partial charge in [0.25, 0.3) is 0 Å². The highest BCUT2D eigenvalue weighted by Gasteiger charge is 2.29. The van der Waals surface area contributed by atoms with Crippen molar-refractivity contribution >= 4 is 21.6 Å². The lowest BCUT2D eigenvalue weighted by Gasteiger charge is -2.30. The van der Waals surface area contributed by atoms with Gasteiger partial charge in [-0.2, -0.15) is 0 Å². The van der Waals surface area contributed by atoms with Crippen LogP contribution in [0.2, 0.25) is 0 Å². The van der Waals surface area contributed by atoms with Gasteiger partial charge in [0, 0.05) is 51.9 Å². The fourth-order valence-corrected chi connectivity index (χ4v) is 3.35. The van der Waals surface area contributed by atoms with Crippen molar-refractivity contribution in [1.29, 1.82) is 0 Å². The number of likely N-dealkylation sites (N-methyl/N-ethyl adjacent to an activating group) is 2. The van der Waals surface area contributed by atoms with Gasteiger partial charge >= 0.3 is 0 Å². The van der Waals surface area contributed by atoms with E-state index in [1.54, 1.807) is 19.0 Å². The maximum Gasteiger partial charge on any atom is 0.226 e. The molecule has 0 radical (unpaired) electrons. The predicted molar refractivity (Wildman–Crippen MR) is 103 cm³/mol. The van der Waals surface area contributed by atoms with Crippen molar-refractivity contribution in [3.05, 3.63) is 23.8 Å². The second-order valence-electron chi connectivity index (χ2n) is 7.31. The smallest absolute Gasteiger partial charge is 0.226 e. The van der Waals surface area contributed by atoms with Crippen LogP contribution < -0.4 is 9.64 Å². The average Bonchev–Trinajstić information content (AvgIpc) is 2.57. The maximum absolute atomic E-state index is 12.5. The molecule has 0 bridgehead atoms. The van der Waals surface area contributed by atoms with Gasteiger partial charge in [-0.25, -0.2) is 12.7 Å². The van der Waals surface area contributed by atoms with E-state index in [4.69, 9.17) is 4.74 Å². The van der Waals surface area contributed by atoms with Crippen LogP contribution in [0.25, 0.3) is 0 Å². The standard InChI is InChI=1S/C18H29N3O4S/c1-13-11-20(4)18(22)10-14-9-15(19(2)3)7-8-16(14)25-17(13)12-21(5)26(6,23)24/h7-9,13,17H,10-12H2,1-6H3/t13-,17-/m1/s1. The third-order valence-corrected chi connectivity index (χ3v) is 6.09. The highest BCUT2D eigenvalue weighted by molar-refractivity contribution is 7.88. The number of hydrogen-bond donors (Lipinski definition) is 0. The molecule has 1 heterocycles. The molecule has 0 fully saturated rings. The Bertz CT molecular complexity index is 764.